The first-order valence-corrected chi connectivity index (χ1v) is 12.8. The molecule has 0 radical (unpaired) electrons. The monoisotopic (exact) mass is 477 g/mol. The topological polar surface area (TPSA) is 64.4 Å². The third-order valence-electron chi connectivity index (χ3n) is 7.12. The number of carbonyl (C=O) groups is 1. The smallest absolute Gasteiger partial charge is 0.266 e. The van der Waals surface area contributed by atoms with E-state index in [1.807, 2.05) is 42.5 Å². The summed E-state index contributed by atoms with van der Waals surface area (Å²) in [6, 6.07) is 15.0. The number of rotatable bonds is 5. The molecule has 7 heteroatoms. The first-order valence-electron chi connectivity index (χ1n) is 11.8. The zero-order valence-corrected chi connectivity index (χ0v) is 21.0. The second-order valence-electron chi connectivity index (χ2n) is 10.8. The van der Waals surface area contributed by atoms with Crippen LogP contribution in [0.1, 0.15) is 40.0 Å². The van der Waals surface area contributed by atoms with Gasteiger partial charge < -0.3 is 9.64 Å². The predicted octanol–water partition coefficient (Wildman–Crippen LogP) is 4.91. The molecule has 1 aromatic heterocycles. The van der Waals surface area contributed by atoms with Crippen molar-refractivity contribution in [1.82, 2.24) is 14.5 Å². The maximum absolute atomic E-state index is 13.5. The van der Waals surface area contributed by atoms with Gasteiger partial charge in [-0.2, -0.15) is 0 Å². The van der Waals surface area contributed by atoms with Crippen LogP contribution >= 0.6 is 11.8 Å². The summed E-state index contributed by atoms with van der Waals surface area (Å²) in [7, 11) is 1.60. The average Bonchev–Trinajstić information content (AvgIpc) is 3.06. The number of ether oxygens (including phenoxy) is 1. The van der Waals surface area contributed by atoms with Gasteiger partial charge in [-0.05, 0) is 54.4 Å². The van der Waals surface area contributed by atoms with Crippen molar-refractivity contribution in [3.8, 4) is 11.4 Å². The van der Waals surface area contributed by atoms with Gasteiger partial charge in [0.1, 0.15) is 5.75 Å². The number of amides is 1. The Morgan fingerprint density at radius 1 is 1.15 bits per heavy atom. The molecule has 1 saturated heterocycles. The van der Waals surface area contributed by atoms with Gasteiger partial charge in [0.05, 0.1) is 29.5 Å². The van der Waals surface area contributed by atoms with Crippen LogP contribution in [0.4, 0.5) is 0 Å². The molecule has 0 N–H and O–H groups in total. The molecule has 2 bridgehead atoms. The highest BCUT2D eigenvalue weighted by molar-refractivity contribution is 7.99. The molecule has 1 aliphatic carbocycles. The van der Waals surface area contributed by atoms with Gasteiger partial charge in [-0.25, -0.2) is 4.98 Å². The van der Waals surface area contributed by atoms with Crippen molar-refractivity contribution in [2.45, 2.75) is 51.2 Å². The summed E-state index contributed by atoms with van der Waals surface area (Å²) in [6.07, 6.45) is 3.27. The molecule has 3 aromatic rings. The fourth-order valence-corrected chi connectivity index (χ4v) is 7.05. The Morgan fingerprint density at radius 3 is 2.74 bits per heavy atom. The molecule has 2 aromatic carbocycles. The minimum atomic E-state index is -0.153. The number of thioether (sulfide) groups is 1. The quantitative estimate of drug-likeness (QED) is 0.386. The van der Waals surface area contributed by atoms with Gasteiger partial charge in [-0.3, -0.25) is 14.2 Å². The number of benzene rings is 2. The van der Waals surface area contributed by atoms with Crippen molar-refractivity contribution >= 4 is 28.6 Å². The van der Waals surface area contributed by atoms with Crippen LogP contribution < -0.4 is 10.3 Å². The molecule has 178 valence electrons. The third kappa shape index (κ3) is 4.22. The maximum atomic E-state index is 13.5. The molecule has 6 nitrogen and oxygen atoms in total. The second kappa shape index (κ2) is 8.45. The number of para-hydroxylation sites is 1. The summed E-state index contributed by atoms with van der Waals surface area (Å²) in [4.78, 5) is 33.7. The Labute approximate surface area is 204 Å². The first-order chi connectivity index (χ1) is 16.2. The maximum Gasteiger partial charge on any atom is 0.266 e. The molecule has 2 heterocycles. The molecule has 2 fully saturated rings. The Morgan fingerprint density at radius 2 is 1.94 bits per heavy atom. The highest BCUT2D eigenvalue weighted by Crippen LogP contribution is 2.52. The van der Waals surface area contributed by atoms with Crippen LogP contribution in [0.3, 0.4) is 0 Å². The highest BCUT2D eigenvalue weighted by Gasteiger charge is 2.50. The van der Waals surface area contributed by atoms with E-state index in [2.05, 4.69) is 25.7 Å². The largest absolute Gasteiger partial charge is 0.497 e. The number of hydrogen-bond acceptors (Lipinski definition) is 5. The Balaban J connectivity index is 1.47. The third-order valence-corrected chi connectivity index (χ3v) is 8.04. The van der Waals surface area contributed by atoms with Gasteiger partial charge in [0.2, 0.25) is 5.91 Å². The van der Waals surface area contributed by atoms with Crippen molar-refractivity contribution < 1.29 is 9.53 Å². The van der Waals surface area contributed by atoms with Crippen molar-refractivity contribution in [2.75, 3.05) is 19.4 Å². The van der Waals surface area contributed by atoms with Crippen LogP contribution in [-0.2, 0) is 4.79 Å². The number of aromatic nitrogens is 2. The summed E-state index contributed by atoms with van der Waals surface area (Å²) in [5.74, 6) is 1.03. The zero-order valence-electron chi connectivity index (χ0n) is 20.2. The van der Waals surface area contributed by atoms with E-state index in [4.69, 9.17) is 9.72 Å². The molecular weight excluding hydrogens is 446 g/mol. The molecule has 2 unspecified atom stereocenters. The number of methoxy groups -OCH3 is 1. The SMILES string of the molecule is COc1cccc(-n2c(SCC(=O)N3CC4(C)CC3CC(C)(C)C4)nc3ccccc3c2=O)c1. The van der Waals surface area contributed by atoms with Crippen LogP contribution in [0.5, 0.6) is 5.75 Å². The Hall–Kier alpha value is -2.80. The molecule has 2 aliphatic rings. The van der Waals surface area contributed by atoms with E-state index in [0.717, 1.165) is 25.8 Å². The summed E-state index contributed by atoms with van der Waals surface area (Å²) in [5, 5.41) is 1.06. The Kier molecular flexibility index (Phi) is 5.71. The zero-order chi connectivity index (χ0) is 24.1. The van der Waals surface area contributed by atoms with Gasteiger partial charge in [0.25, 0.3) is 5.56 Å². The lowest BCUT2D eigenvalue weighted by molar-refractivity contribution is -0.129. The fourth-order valence-electron chi connectivity index (χ4n) is 6.15. The molecule has 34 heavy (non-hydrogen) atoms. The van der Waals surface area contributed by atoms with Gasteiger partial charge in [0.15, 0.2) is 5.16 Å². The van der Waals surface area contributed by atoms with E-state index >= 15 is 0 Å². The van der Waals surface area contributed by atoms with Crippen LogP contribution in [-0.4, -0.2) is 45.8 Å². The van der Waals surface area contributed by atoms with E-state index in [0.29, 0.717) is 33.5 Å². The van der Waals surface area contributed by atoms with Crippen LogP contribution in [0, 0.1) is 10.8 Å². The minimum absolute atomic E-state index is 0.121. The molecule has 1 aliphatic heterocycles. The molecular formula is C27H31N3O3S. The van der Waals surface area contributed by atoms with Crippen molar-refractivity contribution in [2.24, 2.45) is 10.8 Å². The van der Waals surface area contributed by atoms with Crippen molar-refractivity contribution in [3.63, 3.8) is 0 Å². The van der Waals surface area contributed by atoms with Gasteiger partial charge >= 0.3 is 0 Å². The van der Waals surface area contributed by atoms with Crippen LogP contribution in [0.25, 0.3) is 16.6 Å². The van der Waals surface area contributed by atoms with Gasteiger partial charge in [-0.15, -0.1) is 0 Å². The standard InChI is InChI=1S/C27H31N3O3S/c1-26(2)13-19-14-27(3,16-26)17-29(19)23(31)15-34-25-28-22-11-6-5-10-21(22)24(32)30(25)18-8-7-9-20(12-18)33-4/h5-12,19H,13-17H2,1-4H3. The van der Waals surface area contributed by atoms with E-state index in [1.165, 1.54) is 11.8 Å². The molecule has 5 rings (SSSR count). The Bertz CT molecular complexity index is 1320. The summed E-state index contributed by atoms with van der Waals surface area (Å²) in [5.41, 5.74) is 1.60. The normalized spacial score (nSPS) is 23.3. The first kappa shape index (κ1) is 23.0. The van der Waals surface area contributed by atoms with E-state index in [-0.39, 0.29) is 28.0 Å². The van der Waals surface area contributed by atoms with Crippen molar-refractivity contribution in [1.29, 1.82) is 0 Å². The molecule has 1 saturated carbocycles. The molecule has 2 atom stereocenters. The second-order valence-corrected chi connectivity index (χ2v) is 11.7. The average molecular weight is 478 g/mol. The highest BCUT2D eigenvalue weighted by atomic mass is 32.2. The van der Waals surface area contributed by atoms with Crippen molar-refractivity contribution in [3.05, 3.63) is 58.9 Å². The van der Waals surface area contributed by atoms with E-state index < -0.39 is 0 Å². The summed E-state index contributed by atoms with van der Waals surface area (Å²) >= 11 is 1.33. The lowest BCUT2D eigenvalue weighted by Crippen LogP contribution is -2.38. The molecule has 0 spiro atoms. The number of fused-ring (bicyclic) bond motifs is 3. The van der Waals surface area contributed by atoms with E-state index in [9.17, 15) is 9.59 Å². The van der Waals surface area contributed by atoms with Crippen LogP contribution in [0.15, 0.2) is 58.5 Å². The van der Waals surface area contributed by atoms with Gasteiger partial charge in [-0.1, -0.05) is 50.7 Å². The fraction of sp³-hybridized carbons (Fsp3) is 0.444. The number of hydrogen-bond donors (Lipinski definition) is 0. The summed E-state index contributed by atoms with van der Waals surface area (Å²) < 4.78 is 6.97. The van der Waals surface area contributed by atoms with E-state index in [1.54, 1.807) is 17.7 Å². The van der Waals surface area contributed by atoms with Crippen LogP contribution in [0.2, 0.25) is 0 Å². The predicted molar refractivity (Wildman–Crippen MR) is 136 cm³/mol. The lowest BCUT2D eigenvalue weighted by atomic mass is 9.65. The lowest BCUT2D eigenvalue weighted by Gasteiger charge is -2.39. The number of carbonyl (C=O) groups excluding carboxylic acids is 1. The molecule has 1 amide bonds. The van der Waals surface area contributed by atoms with Gasteiger partial charge in [0, 0.05) is 18.7 Å². The number of nitrogens with zero attached hydrogens (tertiary/aromatic N) is 3. The summed E-state index contributed by atoms with van der Waals surface area (Å²) in [6.45, 7) is 7.75. The number of likely N-dealkylation sites (tertiary alicyclic amines) is 1. The minimum Gasteiger partial charge on any atom is -0.497 e.